The first kappa shape index (κ1) is 12.7. The first-order valence-corrected chi connectivity index (χ1v) is 6.15. The number of nitrogens with one attached hydrogen (secondary N) is 1. The molecule has 1 aliphatic heterocycles. The van der Waals surface area contributed by atoms with Crippen molar-refractivity contribution in [2.45, 2.75) is 25.6 Å². The number of pyridine rings is 1. The van der Waals surface area contributed by atoms with Crippen molar-refractivity contribution in [3.8, 4) is 6.07 Å². The van der Waals surface area contributed by atoms with Gasteiger partial charge in [-0.05, 0) is 18.4 Å². The number of rotatable bonds is 0. The Labute approximate surface area is 112 Å². The number of aromatic nitrogens is 1. The van der Waals surface area contributed by atoms with Gasteiger partial charge in [0.2, 0.25) is 0 Å². The smallest absolute Gasteiger partial charge is 0.336 e. The van der Waals surface area contributed by atoms with Crippen LogP contribution in [-0.2, 0) is 19.1 Å². The van der Waals surface area contributed by atoms with Crippen LogP contribution in [0.25, 0.3) is 10.9 Å². The minimum atomic E-state index is -4.64. The second-order valence-corrected chi connectivity index (χ2v) is 4.78. The van der Waals surface area contributed by atoms with Crippen molar-refractivity contribution in [2.75, 3.05) is 0 Å². The third kappa shape index (κ3) is 1.63. The molecule has 3 nitrogen and oxygen atoms in total. The predicted octanol–water partition coefficient (Wildman–Crippen LogP) is 2.96. The summed E-state index contributed by atoms with van der Waals surface area (Å²) in [5.74, 6) is 0. The number of nitrogens with zero attached hydrogens (tertiary/aromatic N) is 2. The molecule has 0 saturated heterocycles. The quantitative estimate of drug-likeness (QED) is 0.790. The van der Waals surface area contributed by atoms with Gasteiger partial charge in [0.15, 0.2) is 0 Å². The zero-order chi connectivity index (χ0) is 14.5. The number of halogens is 3. The van der Waals surface area contributed by atoms with Crippen LogP contribution >= 0.6 is 0 Å². The van der Waals surface area contributed by atoms with Crippen LogP contribution < -0.4 is 5.36 Å². The standard InChI is InChI=1S/C14H10F3N3/c15-14(16,17)13-10(7-18)11(19)9-5-1-3-8-4-2-6-20(13)12(8)9/h1,3,5,19H,2,4,6H2. The highest BCUT2D eigenvalue weighted by atomic mass is 19.4. The summed E-state index contributed by atoms with van der Waals surface area (Å²) in [7, 11) is 0. The molecule has 1 aromatic heterocycles. The van der Waals surface area contributed by atoms with Gasteiger partial charge < -0.3 is 4.57 Å². The maximum Gasteiger partial charge on any atom is 0.432 e. The zero-order valence-corrected chi connectivity index (χ0v) is 10.4. The van der Waals surface area contributed by atoms with E-state index < -0.39 is 17.4 Å². The maximum atomic E-state index is 13.3. The SMILES string of the molecule is N#Cc1c(C(F)(F)F)n2c3c(cccc3c1=N)CCC2. The molecule has 2 heterocycles. The highest BCUT2D eigenvalue weighted by Gasteiger charge is 2.39. The van der Waals surface area contributed by atoms with Crippen LogP contribution in [0.3, 0.4) is 0 Å². The molecule has 0 saturated carbocycles. The molecule has 0 unspecified atom stereocenters. The molecule has 0 radical (unpaired) electrons. The van der Waals surface area contributed by atoms with E-state index in [9.17, 15) is 13.2 Å². The molecule has 6 heteroatoms. The van der Waals surface area contributed by atoms with Gasteiger partial charge in [0, 0.05) is 11.9 Å². The van der Waals surface area contributed by atoms with Gasteiger partial charge in [0.05, 0.1) is 10.9 Å². The Hall–Kier alpha value is -2.29. The van der Waals surface area contributed by atoms with E-state index in [1.807, 2.05) is 0 Å². The van der Waals surface area contributed by atoms with Crippen LogP contribution in [0, 0.1) is 16.7 Å². The lowest BCUT2D eigenvalue weighted by Crippen LogP contribution is -2.28. The fourth-order valence-electron chi connectivity index (χ4n) is 2.87. The van der Waals surface area contributed by atoms with Gasteiger partial charge in [-0.15, -0.1) is 0 Å². The number of aryl methyl sites for hydroxylation is 2. The van der Waals surface area contributed by atoms with E-state index in [1.54, 1.807) is 24.3 Å². The number of alkyl halides is 3. The van der Waals surface area contributed by atoms with Gasteiger partial charge in [-0.1, -0.05) is 18.2 Å². The Morgan fingerprint density at radius 3 is 2.70 bits per heavy atom. The van der Waals surface area contributed by atoms with Crippen LogP contribution in [0.5, 0.6) is 0 Å². The summed E-state index contributed by atoms with van der Waals surface area (Å²) >= 11 is 0. The highest BCUT2D eigenvalue weighted by Crippen LogP contribution is 2.35. The molecule has 1 aromatic carbocycles. The molecule has 0 aliphatic carbocycles. The minimum Gasteiger partial charge on any atom is -0.336 e. The molecular weight excluding hydrogens is 267 g/mol. The summed E-state index contributed by atoms with van der Waals surface area (Å²) in [6, 6.07) is 6.66. The largest absolute Gasteiger partial charge is 0.432 e. The molecule has 2 aromatic rings. The average molecular weight is 277 g/mol. The lowest BCUT2D eigenvalue weighted by molar-refractivity contribution is -0.144. The number of hydrogen-bond acceptors (Lipinski definition) is 2. The molecule has 0 amide bonds. The molecule has 20 heavy (non-hydrogen) atoms. The fourth-order valence-corrected chi connectivity index (χ4v) is 2.87. The molecular formula is C14H10F3N3. The molecule has 0 fully saturated rings. The summed E-state index contributed by atoms with van der Waals surface area (Å²) in [5.41, 5.74) is -0.346. The van der Waals surface area contributed by atoms with Gasteiger partial charge in [-0.2, -0.15) is 18.4 Å². The Kier molecular flexibility index (Phi) is 2.61. The third-order valence-corrected chi connectivity index (χ3v) is 3.62. The van der Waals surface area contributed by atoms with Crippen LogP contribution in [0.15, 0.2) is 18.2 Å². The monoisotopic (exact) mass is 277 g/mol. The van der Waals surface area contributed by atoms with Gasteiger partial charge in [-0.25, -0.2) is 0 Å². The van der Waals surface area contributed by atoms with Crippen LogP contribution in [0.4, 0.5) is 13.2 Å². The lowest BCUT2D eigenvalue weighted by atomic mass is 9.97. The Morgan fingerprint density at radius 1 is 1.30 bits per heavy atom. The fraction of sp³-hybridized carbons (Fsp3) is 0.286. The van der Waals surface area contributed by atoms with Gasteiger partial charge in [-0.3, -0.25) is 5.41 Å². The van der Waals surface area contributed by atoms with Crippen molar-refractivity contribution in [2.24, 2.45) is 0 Å². The summed E-state index contributed by atoms with van der Waals surface area (Å²) in [6.45, 7) is 0.220. The van der Waals surface area contributed by atoms with E-state index in [0.29, 0.717) is 23.7 Å². The maximum absolute atomic E-state index is 13.3. The van der Waals surface area contributed by atoms with Crippen LogP contribution in [-0.4, -0.2) is 4.57 Å². The van der Waals surface area contributed by atoms with Crippen molar-refractivity contribution in [1.29, 1.82) is 10.7 Å². The van der Waals surface area contributed by atoms with E-state index in [2.05, 4.69) is 0 Å². The molecule has 0 spiro atoms. The van der Waals surface area contributed by atoms with Crippen molar-refractivity contribution in [1.82, 2.24) is 4.57 Å². The molecule has 1 aliphatic rings. The molecule has 0 bridgehead atoms. The van der Waals surface area contributed by atoms with Crippen molar-refractivity contribution >= 4 is 10.9 Å². The predicted molar refractivity (Wildman–Crippen MR) is 65.8 cm³/mol. The van der Waals surface area contributed by atoms with Crippen LogP contribution in [0.1, 0.15) is 23.2 Å². The molecule has 0 atom stereocenters. The van der Waals surface area contributed by atoms with Crippen molar-refractivity contribution in [3.63, 3.8) is 0 Å². The summed E-state index contributed by atoms with van der Waals surface area (Å²) < 4.78 is 41.0. The average Bonchev–Trinajstić information content (AvgIpc) is 2.41. The summed E-state index contributed by atoms with van der Waals surface area (Å²) in [4.78, 5) is 0. The summed E-state index contributed by atoms with van der Waals surface area (Å²) in [5, 5.41) is 17.0. The number of benzene rings is 1. The molecule has 1 N–H and O–H groups in total. The number of nitriles is 1. The van der Waals surface area contributed by atoms with Gasteiger partial charge in [0.1, 0.15) is 17.3 Å². The zero-order valence-electron chi connectivity index (χ0n) is 10.4. The lowest BCUT2D eigenvalue weighted by Gasteiger charge is -2.25. The number of para-hydroxylation sites is 1. The van der Waals surface area contributed by atoms with Crippen LogP contribution in [0.2, 0.25) is 0 Å². The third-order valence-electron chi connectivity index (χ3n) is 3.62. The van der Waals surface area contributed by atoms with E-state index in [4.69, 9.17) is 10.7 Å². The first-order chi connectivity index (χ1) is 9.45. The Morgan fingerprint density at radius 2 is 2.05 bits per heavy atom. The Balaban J connectivity index is 2.61. The van der Waals surface area contributed by atoms with Gasteiger partial charge in [0.25, 0.3) is 0 Å². The Bertz CT molecular complexity index is 809. The number of hydrogen-bond donors (Lipinski definition) is 1. The highest BCUT2D eigenvalue weighted by molar-refractivity contribution is 5.84. The van der Waals surface area contributed by atoms with E-state index in [0.717, 1.165) is 10.1 Å². The van der Waals surface area contributed by atoms with E-state index in [1.165, 1.54) is 0 Å². The second kappa shape index (κ2) is 4.10. The van der Waals surface area contributed by atoms with Gasteiger partial charge >= 0.3 is 6.18 Å². The molecule has 102 valence electrons. The van der Waals surface area contributed by atoms with E-state index in [-0.39, 0.29) is 11.9 Å². The molecule has 3 rings (SSSR count). The van der Waals surface area contributed by atoms with Crippen molar-refractivity contribution < 1.29 is 13.2 Å². The van der Waals surface area contributed by atoms with E-state index >= 15 is 0 Å². The first-order valence-electron chi connectivity index (χ1n) is 6.15. The normalized spacial score (nSPS) is 14.3. The summed E-state index contributed by atoms with van der Waals surface area (Å²) in [6.07, 6.45) is -3.35. The van der Waals surface area contributed by atoms with Crippen molar-refractivity contribution in [3.05, 3.63) is 40.4 Å². The minimum absolute atomic E-state index is 0.220. The topological polar surface area (TPSA) is 52.6 Å². The second-order valence-electron chi connectivity index (χ2n) is 4.78.